The number of hydrogen-bond donors (Lipinski definition) is 2. The zero-order valence-electron chi connectivity index (χ0n) is 13.2. The molecule has 0 fully saturated rings. The number of hydrogen-bond acceptors (Lipinski definition) is 4. The summed E-state index contributed by atoms with van der Waals surface area (Å²) in [6.45, 7) is 5.61. The molecule has 2 amide bonds. The lowest BCUT2D eigenvalue weighted by atomic mass is 10.1. The van der Waals surface area contributed by atoms with E-state index >= 15 is 0 Å². The summed E-state index contributed by atoms with van der Waals surface area (Å²) in [4.78, 5) is 25.6. The van der Waals surface area contributed by atoms with Gasteiger partial charge in [0, 0.05) is 18.3 Å². The third-order valence-electron chi connectivity index (χ3n) is 2.70. The first kappa shape index (κ1) is 16.8. The minimum absolute atomic E-state index is 0.0337. The molecule has 1 rings (SSSR count). The van der Waals surface area contributed by atoms with E-state index < -0.39 is 0 Å². The SMILES string of the molecule is COc1ccc(N)cc1C(=O)N(C)CC(=O)NC(C)(C)C. The van der Waals surface area contributed by atoms with Crippen molar-refractivity contribution in [1.29, 1.82) is 0 Å². The van der Waals surface area contributed by atoms with E-state index in [1.165, 1.54) is 12.0 Å². The number of nitrogens with zero attached hydrogens (tertiary/aromatic N) is 1. The summed E-state index contributed by atoms with van der Waals surface area (Å²) in [5.41, 5.74) is 6.16. The van der Waals surface area contributed by atoms with Crippen molar-refractivity contribution < 1.29 is 14.3 Å². The summed E-state index contributed by atoms with van der Waals surface area (Å²) >= 11 is 0. The first-order valence-corrected chi connectivity index (χ1v) is 6.64. The molecular weight excluding hydrogens is 270 g/mol. The van der Waals surface area contributed by atoms with Crippen LogP contribution in [0.3, 0.4) is 0 Å². The topological polar surface area (TPSA) is 84.7 Å². The number of amides is 2. The maximum absolute atomic E-state index is 12.4. The number of ether oxygens (including phenoxy) is 1. The standard InChI is InChI=1S/C15H23N3O3/c1-15(2,3)17-13(19)9-18(4)14(20)11-8-10(16)6-7-12(11)21-5/h6-8H,9,16H2,1-5H3,(H,17,19). The van der Waals surface area contributed by atoms with Crippen molar-refractivity contribution in [3.63, 3.8) is 0 Å². The molecule has 1 aromatic rings. The fourth-order valence-electron chi connectivity index (χ4n) is 1.84. The summed E-state index contributed by atoms with van der Waals surface area (Å²) in [5, 5.41) is 2.81. The van der Waals surface area contributed by atoms with Crippen molar-refractivity contribution in [2.45, 2.75) is 26.3 Å². The number of carbonyl (C=O) groups excluding carboxylic acids is 2. The zero-order chi connectivity index (χ0) is 16.2. The van der Waals surface area contributed by atoms with Crippen LogP contribution in [0, 0.1) is 0 Å². The number of anilines is 1. The molecule has 0 unspecified atom stereocenters. The molecule has 6 nitrogen and oxygen atoms in total. The van der Waals surface area contributed by atoms with Gasteiger partial charge in [-0.15, -0.1) is 0 Å². The van der Waals surface area contributed by atoms with Gasteiger partial charge in [-0.1, -0.05) is 0 Å². The highest BCUT2D eigenvalue weighted by Gasteiger charge is 2.21. The van der Waals surface area contributed by atoms with Crippen LogP contribution in [0.2, 0.25) is 0 Å². The van der Waals surface area contributed by atoms with Crippen molar-refractivity contribution in [3.05, 3.63) is 23.8 Å². The molecule has 0 aliphatic rings. The van der Waals surface area contributed by atoms with Crippen LogP contribution in [0.4, 0.5) is 5.69 Å². The Morgan fingerprint density at radius 2 is 1.95 bits per heavy atom. The fourth-order valence-corrected chi connectivity index (χ4v) is 1.84. The molecule has 21 heavy (non-hydrogen) atoms. The summed E-state index contributed by atoms with van der Waals surface area (Å²) in [6, 6.07) is 4.83. The molecule has 0 bridgehead atoms. The van der Waals surface area contributed by atoms with Gasteiger partial charge in [0.15, 0.2) is 0 Å². The minimum Gasteiger partial charge on any atom is -0.496 e. The Morgan fingerprint density at radius 1 is 1.33 bits per heavy atom. The lowest BCUT2D eigenvalue weighted by molar-refractivity contribution is -0.122. The second kappa shape index (κ2) is 6.47. The molecule has 0 aliphatic heterocycles. The van der Waals surface area contributed by atoms with Gasteiger partial charge in [-0.25, -0.2) is 0 Å². The Morgan fingerprint density at radius 3 is 2.48 bits per heavy atom. The lowest BCUT2D eigenvalue weighted by Crippen LogP contribution is -2.46. The van der Waals surface area contributed by atoms with Gasteiger partial charge in [0.1, 0.15) is 5.75 Å². The van der Waals surface area contributed by atoms with Gasteiger partial charge in [0.05, 0.1) is 19.2 Å². The quantitative estimate of drug-likeness (QED) is 0.819. The van der Waals surface area contributed by atoms with E-state index in [0.29, 0.717) is 17.0 Å². The lowest BCUT2D eigenvalue weighted by Gasteiger charge is -2.23. The monoisotopic (exact) mass is 293 g/mol. The van der Waals surface area contributed by atoms with E-state index in [1.54, 1.807) is 25.2 Å². The summed E-state index contributed by atoms with van der Waals surface area (Å²) in [6.07, 6.45) is 0. The molecule has 0 radical (unpaired) electrons. The first-order valence-electron chi connectivity index (χ1n) is 6.64. The Kier molecular flexibility index (Phi) is 5.18. The Balaban J connectivity index is 2.84. The number of rotatable bonds is 4. The van der Waals surface area contributed by atoms with E-state index in [4.69, 9.17) is 10.5 Å². The second-order valence-corrected chi connectivity index (χ2v) is 5.92. The summed E-state index contributed by atoms with van der Waals surface area (Å²) < 4.78 is 5.15. The van der Waals surface area contributed by atoms with Crippen molar-refractivity contribution in [2.24, 2.45) is 0 Å². The minimum atomic E-state index is -0.337. The average Bonchev–Trinajstić information content (AvgIpc) is 2.35. The highest BCUT2D eigenvalue weighted by atomic mass is 16.5. The van der Waals surface area contributed by atoms with Gasteiger partial charge in [0.2, 0.25) is 5.91 Å². The van der Waals surface area contributed by atoms with E-state index in [9.17, 15) is 9.59 Å². The highest BCUT2D eigenvalue weighted by Crippen LogP contribution is 2.22. The van der Waals surface area contributed by atoms with Crippen LogP contribution < -0.4 is 15.8 Å². The van der Waals surface area contributed by atoms with Crippen LogP contribution in [0.5, 0.6) is 5.75 Å². The van der Waals surface area contributed by atoms with E-state index in [2.05, 4.69) is 5.32 Å². The molecule has 3 N–H and O–H groups in total. The van der Waals surface area contributed by atoms with Gasteiger partial charge >= 0.3 is 0 Å². The molecule has 0 saturated heterocycles. The number of nitrogens with one attached hydrogen (secondary N) is 1. The van der Waals surface area contributed by atoms with Crippen LogP contribution in [-0.2, 0) is 4.79 Å². The van der Waals surface area contributed by atoms with Crippen molar-refractivity contribution in [1.82, 2.24) is 10.2 Å². The third-order valence-corrected chi connectivity index (χ3v) is 2.70. The summed E-state index contributed by atoms with van der Waals surface area (Å²) in [5.74, 6) is -0.110. The Labute approximate surface area is 125 Å². The van der Waals surface area contributed by atoms with Crippen LogP contribution in [0.25, 0.3) is 0 Å². The van der Waals surface area contributed by atoms with Gasteiger partial charge in [-0.2, -0.15) is 0 Å². The maximum atomic E-state index is 12.4. The average molecular weight is 293 g/mol. The number of carbonyl (C=O) groups is 2. The van der Waals surface area contributed by atoms with E-state index in [0.717, 1.165) is 0 Å². The molecule has 0 aromatic heterocycles. The maximum Gasteiger partial charge on any atom is 0.257 e. The predicted octanol–water partition coefficient (Wildman–Crippen LogP) is 1.26. The van der Waals surface area contributed by atoms with Crippen molar-refractivity contribution in [2.75, 3.05) is 26.4 Å². The van der Waals surface area contributed by atoms with E-state index in [-0.39, 0.29) is 23.9 Å². The molecule has 0 atom stereocenters. The van der Waals surface area contributed by atoms with Crippen LogP contribution in [-0.4, -0.2) is 43.0 Å². The zero-order valence-corrected chi connectivity index (χ0v) is 13.2. The number of nitrogen functional groups attached to an aromatic ring is 1. The molecule has 0 saturated carbocycles. The molecule has 0 spiro atoms. The van der Waals surface area contributed by atoms with Crippen molar-refractivity contribution in [3.8, 4) is 5.75 Å². The van der Waals surface area contributed by atoms with Gasteiger partial charge in [0.25, 0.3) is 5.91 Å². The van der Waals surface area contributed by atoms with Crippen LogP contribution >= 0.6 is 0 Å². The first-order chi connectivity index (χ1) is 9.64. The molecular formula is C15H23N3O3. The molecule has 6 heteroatoms. The van der Waals surface area contributed by atoms with E-state index in [1.807, 2.05) is 20.8 Å². The predicted molar refractivity (Wildman–Crippen MR) is 82.3 cm³/mol. The van der Waals surface area contributed by atoms with Crippen molar-refractivity contribution >= 4 is 17.5 Å². The summed E-state index contributed by atoms with van der Waals surface area (Å²) in [7, 11) is 3.04. The largest absolute Gasteiger partial charge is 0.496 e. The van der Waals surface area contributed by atoms with Gasteiger partial charge < -0.3 is 20.7 Å². The fraction of sp³-hybridized carbons (Fsp3) is 0.467. The molecule has 0 aliphatic carbocycles. The Bertz CT molecular complexity index is 535. The smallest absolute Gasteiger partial charge is 0.257 e. The highest BCUT2D eigenvalue weighted by molar-refractivity contribution is 5.99. The van der Waals surface area contributed by atoms with Crippen LogP contribution in [0.1, 0.15) is 31.1 Å². The van der Waals surface area contributed by atoms with Gasteiger partial charge in [-0.05, 0) is 39.0 Å². The number of nitrogens with two attached hydrogens (primary N) is 1. The second-order valence-electron chi connectivity index (χ2n) is 5.92. The normalized spacial score (nSPS) is 10.9. The molecule has 116 valence electrons. The van der Waals surface area contributed by atoms with Gasteiger partial charge in [-0.3, -0.25) is 9.59 Å². The van der Waals surface area contributed by atoms with Crippen LogP contribution in [0.15, 0.2) is 18.2 Å². The Hall–Kier alpha value is -2.24. The third kappa shape index (κ3) is 4.98. The number of likely N-dealkylation sites (N-methyl/N-ethyl adjacent to an activating group) is 1. The molecule has 1 aromatic carbocycles. The molecule has 0 heterocycles. The number of methoxy groups -OCH3 is 1. The number of benzene rings is 1.